The second-order valence-electron chi connectivity index (χ2n) is 3.60. The van der Waals surface area contributed by atoms with Gasteiger partial charge in [0.1, 0.15) is 0 Å². The fourth-order valence-electron chi connectivity index (χ4n) is 1.53. The fraction of sp³-hybridized carbons (Fsp3) is 0.143. The first kappa shape index (κ1) is 10.4. The van der Waals surface area contributed by atoms with Crippen LogP contribution in [0.4, 0.5) is 0 Å². The molecule has 0 fully saturated rings. The number of hydrogen-bond acceptors (Lipinski definition) is 0. The summed E-state index contributed by atoms with van der Waals surface area (Å²) in [5.41, 5.74) is 2.65. The topological polar surface area (TPSA) is 0 Å². The van der Waals surface area contributed by atoms with Crippen LogP contribution in [0.15, 0.2) is 58.6 Å². The molecule has 0 heterocycles. The normalized spacial score (nSPS) is 16.3. The van der Waals surface area contributed by atoms with E-state index < -0.39 is 0 Å². The van der Waals surface area contributed by atoms with Crippen LogP contribution in [0, 0.1) is 0 Å². The van der Waals surface area contributed by atoms with E-state index >= 15 is 0 Å². The fourth-order valence-corrected chi connectivity index (χ4v) is 1.86. The summed E-state index contributed by atoms with van der Waals surface area (Å²) < 4.78 is 1.29. The maximum absolute atomic E-state index is 3.50. The Bertz CT molecular complexity index is 410. The second kappa shape index (κ2) is 5.13. The Kier molecular flexibility index (Phi) is 3.57. The summed E-state index contributed by atoms with van der Waals surface area (Å²) in [5.74, 6) is 0. The van der Waals surface area contributed by atoms with Crippen LogP contribution in [0.1, 0.15) is 18.4 Å². The summed E-state index contributed by atoms with van der Waals surface area (Å²) in [6.07, 6.45) is 10.9. The SMILES string of the molecule is BrC1=CC=C(/C=C/c2ccccc2)CC1. The third-order valence-electron chi connectivity index (χ3n) is 2.42. The van der Waals surface area contributed by atoms with Crippen LogP contribution in [0.2, 0.25) is 0 Å². The van der Waals surface area contributed by atoms with Crippen molar-refractivity contribution in [1.29, 1.82) is 0 Å². The molecule has 0 aliphatic heterocycles. The van der Waals surface area contributed by atoms with Gasteiger partial charge in [-0.05, 0) is 28.5 Å². The zero-order valence-electron chi connectivity index (χ0n) is 8.49. The minimum atomic E-state index is 1.12. The molecule has 76 valence electrons. The lowest BCUT2D eigenvalue weighted by Crippen LogP contribution is -1.85. The van der Waals surface area contributed by atoms with E-state index in [9.17, 15) is 0 Å². The van der Waals surface area contributed by atoms with Gasteiger partial charge in [0.2, 0.25) is 0 Å². The van der Waals surface area contributed by atoms with Gasteiger partial charge in [0.15, 0.2) is 0 Å². The van der Waals surface area contributed by atoms with Gasteiger partial charge in [0.05, 0.1) is 0 Å². The first-order valence-corrected chi connectivity index (χ1v) is 5.92. The van der Waals surface area contributed by atoms with Crippen molar-refractivity contribution in [1.82, 2.24) is 0 Å². The minimum absolute atomic E-state index is 1.12. The van der Waals surface area contributed by atoms with Gasteiger partial charge in [0, 0.05) is 0 Å². The molecule has 1 aromatic carbocycles. The van der Waals surface area contributed by atoms with Crippen molar-refractivity contribution in [3.63, 3.8) is 0 Å². The number of allylic oxidation sites excluding steroid dienone is 5. The third kappa shape index (κ3) is 3.21. The molecular weight excluding hydrogens is 248 g/mol. The van der Waals surface area contributed by atoms with Crippen LogP contribution in [-0.2, 0) is 0 Å². The Morgan fingerprint density at radius 2 is 1.73 bits per heavy atom. The molecule has 0 bridgehead atoms. The monoisotopic (exact) mass is 260 g/mol. The van der Waals surface area contributed by atoms with Gasteiger partial charge >= 0.3 is 0 Å². The van der Waals surface area contributed by atoms with Gasteiger partial charge in [-0.1, -0.05) is 70.6 Å². The second-order valence-corrected chi connectivity index (χ2v) is 4.62. The van der Waals surface area contributed by atoms with E-state index in [-0.39, 0.29) is 0 Å². The van der Waals surface area contributed by atoms with Gasteiger partial charge in [-0.15, -0.1) is 0 Å². The molecule has 2 rings (SSSR count). The Labute approximate surface area is 99.1 Å². The van der Waals surface area contributed by atoms with E-state index in [2.05, 4.69) is 64.5 Å². The molecule has 0 saturated carbocycles. The summed E-state index contributed by atoms with van der Waals surface area (Å²) in [7, 11) is 0. The average Bonchev–Trinajstić information content (AvgIpc) is 2.30. The van der Waals surface area contributed by atoms with Gasteiger partial charge in [-0.2, -0.15) is 0 Å². The van der Waals surface area contributed by atoms with E-state index in [0.29, 0.717) is 0 Å². The van der Waals surface area contributed by atoms with Crippen molar-refractivity contribution >= 4 is 22.0 Å². The summed E-state index contributed by atoms with van der Waals surface area (Å²) in [4.78, 5) is 0. The van der Waals surface area contributed by atoms with E-state index in [4.69, 9.17) is 0 Å². The number of halogens is 1. The summed E-state index contributed by atoms with van der Waals surface area (Å²) in [6, 6.07) is 10.4. The van der Waals surface area contributed by atoms with Crippen LogP contribution >= 0.6 is 15.9 Å². The highest BCUT2D eigenvalue weighted by atomic mass is 79.9. The predicted octanol–water partition coefficient (Wildman–Crippen LogP) is 4.70. The Morgan fingerprint density at radius 1 is 0.933 bits per heavy atom. The highest BCUT2D eigenvalue weighted by molar-refractivity contribution is 9.11. The molecule has 0 aromatic heterocycles. The first-order valence-electron chi connectivity index (χ1n) is 5.13. The van der Waals surface area contributed by atoms with Gasteiger partial charge < -0.3 is 0 Å². The van der Waals surface area contributed by atoms with Crippen LogP contribution in [0.5, 0.6) is 0 Å². The first-order chi connectivity index (χ1) is 7.34. The summed E-state index contributed by atoms with van der Waals surface area (Å²) >= 11 is 3.50. The summed E-state index contributed by atoms with van der Waals surface area (Å²) in [6.45, 7) is 0. The quantitative estimate of drug-likeness (QED) is 0.723. The predicted molar refractivity (Wildman–Crippen MR) is 69.8 cm³/mol. The van der Waals surface area contributed by atoms with Crippen molar-refractivity contribution in [3.8, 4) is 0 Å². The molecule has 0 amide bonds. The maximum Gasteiger partial charge on any atom is -0.00460 e. The molecule has 0 saturated heterocycles. The van der Waals surface area contributed by atoms with Crippen LogP contribution in [0.3, 0.4) is 0 Å². The van der Waals surface area contributed by atoms with Crippen molar-refractivity contribution in [2.45, 2.75) is 12.8 Å². The smallest absolute Gasteiger partial charge is 0.00460 e. The highest BCUT2D eigenvalue weighted by Gasteiger charge is 2.00. The molecular formula is C14H13Br. The maximum atomic E-state index is 3.50. The lowest BCUT2D eigenvalue weighted by molar-refractivity contribution is 0.982. The molecule has 1 aliphatic carbocycles. The van der Waals surface area contributed by atoms with Gasteiger partial charge in [0.25, 0.3) is 0 Å². The van der Waals surface area contributed by atoms with Crippen LogP contribution < -0.4 is 0 Å². The lowest BCUT2D eigenvalue weighted by Gasteiger charge is -2.06. The Balaban J connectivity index is 2.07. The molecule has 0 N–H and O–H groups in total. The zero-order valence-corrected chi connectivity index (χ0v) is 10.1. The standard InChI is InChI=1S/C14H13Br/c15-14-10-8-13(9-11-14)7-6-12-4-2-1-3-5-12/h1-8,10H,9,11H2/b7-6+. The van der Waals surface area contributed by atoms with Crippen molar-refractivity contribution in [2.75, 3.05) is 0 Å². The van der Waals surface area contributed by atoms with Gasteiger partial charge in [-0.25, -0.2) is 0 Å². The number of rotatable bonds is 2. The number of hydrogen-bond donors (Lipinski definition) is 0. The van der Waals surface area contributed by atoms with Crippen molar-refractivity contribution < 1.29 is 0 Å². The number of benzene rings is 1. The van der Waals surface area contributed by atoms with E-state index in [0.717, 1.165) is 12.8 Å². The minimum Gasteiger partial charge on any atom is -0.0622 e. The Morgan fingerprint density at radius 3 is 2.40 bits per heavy atom. The lowest BCUT2D eigenvalue weighted by atomic mass is 10.0. The summed E-state index contributed by atoms with van der Waals surface area (Å²) in [5, 5.41) is 0. The molecule has 15 heavy (non-hydrogen) atoms. The molecule has 0 radical (unpaired) electrons. The zero-order chi connectivity index (χ0) is 10.5. The van der Waals surface area contributed by atoms with Crippen LogP contribution in [-0.4, -0.2) is 0 Å². The molecule has 1 aromatic rings. The molecule has 1 heteroatoms. The highest BCUT2D eigenvalue weighted by Crippen LogP contribution is 2.23. The Hall–Kier alpha value is -1.08. The van der Waals surface area contributed by atoms with E-state index in [1.165, 1.54) is 15.6 Å². The van der Waals surface area contributed by atoms with Crippen molar-refractivity contribution in [3.05, 3.63) is 64.2 Å². The molecule has 0 spiro atoms. The molecule has 0 nitrogen and oxygen atoms in total. The van der Waals surface area contributed by atoms with Gasteiger partial charge in [-0.3, -0.25) is 0 Å². The average molecular weight is 261 g/mol. The molecule has 0 atom stereocenters. The van der Waals surface area contributed by atoms with Crippen LogP contribution in [0.25, 0.3) is 6.08 Å². The van der Waals surface area contributed by atoms with E-state index in [1.807, 2.05) is 6.07 Å². The molecule has 0 unspecified atom stereocenters. The van der Waals surface area contributed by atoms with E-state index in [1.54, 1.807) is 0 Å². The third-order valence-corrected chi connectivity index (χ3v) is 3.08. The largest absolute Gasteiger partial charge is 0.0622 e. The molecule has 1 aliphatic rings. The van der Waals surface area contributed by atoms with Crippen molar-refractivity contribution in [2.24, 2.45) is 0 Å².